The molecule has 0 aromatic carbocycles. The minimum Gasteiger partial charge on any atom is -0.394 e. The first-order valence-electron chi connectivity index (χ1n) is 38.4. The third-order valence-electron chi connectivity index (χ3n) is 18.0. The molecule has 0 radical (unpaired) electrons. The van der Waals surface area contributed by atoms with Crippen molar-refractivity contribution in [3.63, 3.8) is 0 Å². The van der Waals surface area contributed by atoms with E-state index in [2.05, 4.69) is 55.6 Å². The van der Waals surface area contributed by atoms with Gasteiger partial charge in [0.25, 0.3) is 0 Å². The second kappa shape index (κ2) is 74.6. The van der Waals surface area contributed by atoms with Gasteiger partial charge in [-0.05, 0) is 64.2 Å². The molecule has 0 aliphatic carbocycles. The highest BCUT2D eigenvalue weighted by atomic mass is 16.3. The summed E-state index contributed by atoms with van der Waals surface area (Å²) in [7, 11) is 0. The molecule has 2 unspecified atom stereocenters. The first kappa shape index (κ1) is 81.3. The Kier molecular flexibility index (Phi) is 73.1. The zero-order chi connectivity index (χ0) is 59.8. The Morgan fingerprint density at radius 2 is 0.506 bits per heavy atom. The summed E-state index contributed by atoms with van der Waals surface area (Å²) in [6.45, 7) is 4.34. The Hall–Kier alpha value is -1.65. The molecule has 4 heteroatoms. The molecule has 0 heterocycles. The number of allylic oxidation sites excluding steroid dienone is 7. The molecule has 0 aliphatic rings. The molecular formula is C79H151NO3. The highest BCUT2D eigenvalue weighted by molar-refractivity contribution is 5.76. The van der Waals surface area contributed by atoms with Crippen LogP contribution in [-0.4, -0.2) is 34.9 Å². The lowest BCUT2D eigenvalue weighted by molar-refractivity contribution is -0.123. The van der Waals surface area contributed by atoms with Crippen LogP contribution in [0.25, 0.3) is 0 Å². The number of carbonyl (C=O) groups is 1. The third-order valence-corrected chi connectivity index (χ3v) is 18.0. The van der Waals surface area contributed by atoms with Crippen LogP contribution in [0.4, 0.5) is 0 Å². The fraction of sp³-hybridized carbons (Fsp3) is 0.886. The number of nitrogens with one attached hydrogen (secondary N) is 1. The lowest BCUT2D eigenvalue weighted by Crippen LogP contribution is -2.45. The van der Waals surface area contributed by atoms with Gasteiger partial charge in [-0.2, -0.15) is 0 Å². The molecule has 4 nitrogen and oxygen atoms in total. The Morgan fingerprint density at radius 3 is 0.771 bits per heavy atom. The zero-order valence-corrected chi connectivity index (χ0v) is 56.7. The summed E-state index contributed by atoms with van der Waals surface area (Å²) in [6.07, 6.45) is 105. The molecule has 0 aromatic rings. The molecule has 2 atom stereocenters. The molecule has 0 spiro atoms. The van der Waals surface area contributed by atoms with Gasteiger partial charge >= 0.3 is 0 Å². The minimum absolute atomic E-state index is 0.0648. The molecule has 0 fully saturated rings. The SMILES string of the molecule is CCCCCCC/C=C\C/C=C\CCCCCCCCCCCCCCCCCCCCCCCCCCCCCC(=O)NC(CO)C(O)/C=C/CC/C=C/CCCCCCCCCCCCCCCCCCCCCCCCCCCC. The molecule has 0 saturated carbocycles. The fourth-order valence-electron chi connectivity index (χ4n) is 12.2. The number of hydrogen-bond acceptors (Lipinski definition) is 3. The first-order chi connectivity index (χ1) is 41.2. The number of unbranched alkanes of at least 4 members (excludes halogenated alkanes) is 59. The smallest absolute Gasteiger partial charge is 0.220 e. The maximum atomic E-state index is 12.6. The molecule has 83 heavy (non-hydrogen) atoms. The van der Waals surface area contributed by atoms with Gasteiger partial charge < -0.3 is 15.5 Å². The quantitative estimate of drug-likeness (QED) is 0.0420. The van der Waals surface area contributed by atoms with Crippen molar-refractivity contribution in [3.05, 3.63) is 48.6 Å². The van der Waals surface area contributed by atoms with Crippen molar-refractivity contribution in [2.45, 2.75) is 443 Å². The molecule has 0 aliphatic heterocycles. The van der Waals surface area contributed by atoms with E-state index in [0.29, 0.717) is 6.42 Å². The van der Waals surface area contributed by atoms with Crippen LogP contribution in [0, 0.1) is 0 Å². The average molecular weight is 1160 g/mol. The van der Waals surface area contributed by atoms with Gasteiger partial charge in [0.2, 0.25) is 5.91 Å². The molecule has 0 bridgehead atoms. The Labute approximate surface area is 522 Å². The Morgan fingerprint density at radius 1 is 0.289 bits per heavy atom. The van der Waals surface area contributed by atoms with Crippen LogP contribution < -0.4 is 5.32 Å². The van der Waals surface area contributed by atoms with Gasteiger partial charge in [0, 0.05) is 6.42 Å². The van der Waals surface area contributed by atoms with Crippen molar-refractivity contribution < 1.29 is 15.0 Å². The van der Waals surface area contributed by atoms with Gasteiger partial charge in [-0.15, -0.1) is 0 Å². The monoisotopic (exact) mass is 1160 g/mol. The van der Waals surface area contributed by atoms with E-state index in [0.717, 1.165) is 38.5 Å². The average Bonchev–Trinajstić information content (AvgIpc) is 3.51. The maximum Gasteiger partial charge on any atom is 0.220 e. The predicted molar refractivity (Wildman–Crippen MR) is 373 cm³/mol. The minimum atomic E-state index is -0.864. The van der Waals surface area contributed by atoms with E-state index in [9.17, 15) is 15.0 Å². The van der Waals surface area contributed by atoms with Gasteiger partial charge in [0.15, 0.2) is 0 Å². The highest BCUT2D eigenvalue weighted by Gasteiger charge is 2.18. The summed E-state index contributed by atoms with van der Waals surface area (Å²) in [5.74, 6) is -0.0648. The third kappa shape index (κ3) is 71.0. The molecular weight excluding hydrogens is 1010 g/mol. The normalized spacial score (nSPS) is 12.9. The van der Waals surface area contributed by atoms with Crippen molar-refractivity contribution >= 4 is 5.91 Å². The van der Waals surface area contributed by atoms with Crippen molar-refractivity contribution in [3.8, 4) is 0 Å². The number of amides is 1. The molecule has 0 rings (SSSR count). The second-order valence-electron chi connectivity index (χ2n) is 26.4. The molecule has 490 valence electrons. The standard InChI is InChI=1S/C79H151NO3/c1-3-5-7-9-11-13-15-17-19-21-23-25-27-29-31-33-35-37-38-39-40-41-42-43-45-47-49-51-53-55-57-59-61-63-65-67-69-71-73-75-79(83)80-77(76-81)78(82)74-72-70-68-66-64-62-60-58-56-54-52-50-48-46-44-36-34-32-30-28-26-24-22-20-18-16-14-12-10-8-6-4-2/h15,17,21,23,64,66,72,74,77-78,81-82H,3-14,16,18-20,22,24-63,65,67-71,73,75-76H2,1-2H3,(H,80,83)/b17-15-,23-21-,66-64+,74-72+. The first-order valence-corrected chi connectivity index (χ1v) is 38.4. The maximum absolute atomic E-state index is 12.6. The van der Waals surface area contributed by atoms with Gasteiger partial charge in [0.1, 0.15) is 0 Å². The van der Waals surface area contributed by atoms with Crippen LogP contribution in [-0.2, 0) is 4.79 Å². The summed E-state index contributed by atoms with van der Waals surface area (Å²) in [6, 6.07) is -0.640. The predicted octanol–water partition coefficient (Wildman–Crippen LogP) is 26.4. The lowest BCUT2D eigenvalue weighted by atomic mass is 10.0. The largest absolute Gasteiger partial charge is 0.394 e. The van der Waals surface area contributed by atoms with Crippen LogP contribution in [0.1, 0.15) is 431 Å². The van der Waals surface area contributed by atoms with Crippen molar-refractivity contribution in [2.24, 2.45) is 0 Å². The lowest BCUT2D eigenvalue weighted by Gasteiger charge is -2.19. The van der Waals surface area contributed by atoms with E-state index < -0.39 is 12.1 Å². The van der Waals surface area contributed by atoms with Crippen LogP contribution in [0.5, 0.6) is 0 Å². The van der Waals surface area contributed by atoms with Crippen molar-refractivity contribution in [1.29, 1.82) is 0 Å². The number of carbonyl (C=O) groups excluding carboxylic acids is 1. The fourth-order valence-corrected chi connectivity index (χ4v) is 12.2. The van der Waals surface area contributed by atoms with Crippen molar-refractivity contribution in [2.75, 3.05) is 6.61 Å². The van der Waals surface area contributed by atoms with Gasteiger partial charge in [0.05, 0.1) is 18.8 Å². The van der Waals surface area contributed by atoms with Gasteiger partial charge in [-0.25, -0.2) is 0 Å². The Balaban J connectivity index is 3.41. The van der Waals surface area contributed by atoms with Crippen LogP contribution in [0.15, 0.2) is 48.6 Å². The van der Waals surface area contributed by atoms with Crippen LogP contribution in [0.2, 0.25) is 0 Å². The molecule has 3 N–H and O–H groups in total. The van der Waals surface area contributed by atoms with E-state index in [-0.39, 0.29) is 12.5 Å². The summed E-state index contributed by atoms with van der Waals surface area (Å²) < 4.78 is 0. The molecule has 1 amide bonds. The number of rotatable bonds is 72. The van der Waals surface area contributed by atoms with E-state index in [1.807, 2.05) is 6.08 Å². The van der Waals surface area contributed by atoms with E-state index in [1.54, 1.807) is 6.08 Å². The number of aliphatic hydroxyl groups is 2. The van der Waals surface area contributed by atoms with Gasteiger partial charge in [-0.3, -0.25) is 4.79 Å². The molecule has 0 saturated heterocycles. The summed E-state index contributed by atoms with van der Waals surface area (Å²) in [5, 5.41) is 23.3. The summed E-state index contributed by atoms with van der Waals surface area (Å²) in [5.41, 5.74) is 0. The van der Waals surface area contributed by atoms with Crippen molar-refractivity contribution in [1.82, 2.24) is 5.32 Å². The second-order valence-corrected chi connectivity index (χ2v) is 26.4. The number of hydrogen-bond donors (Lipinski definition) is 3. The molecule has 0 aromatic heterocycles. The zero-order valence-electron chi connectivity index (χ0n) is 56.7. The van der Waals surface area contributed by atoms with Crippen LogP contribution >= 0.6 is 0 Å². The van der Waals surface area contributed by atoms with E-state index >= 15 is 0 Å². The highest BCUT2D eigenvalue weighted by Crippen LogP contribution is 2.20. The van der Waals surface area contributed by atoms with E-state index in [1.165, 1.54) is 372 Å². The Bertz CT molecular complexity index is 1320. The summed E-state index contributed by atoms with van der Waals surface area (Å²) >= 11 is 0. The van der Waals surface area contributed by atoms with Crippen LogP contribution in [0.3, 0.4) is 0 Å². The van der Waals surface area contributed by atoms with Gasteiger partial charge in [-0.1, -0.05) is 409 Å². The number of aliphatic hydroxyl groups excluding tert-OH is 2. The van der Waals surface area contributed by atoms with E-state index in [4.69, 9.17) is 0 Å². The topological polar surface area (TPSA) is 69.6 Å². The summed E-state index contributed by atoms with van der Waals surface area (Å²) in [4.78, 5) is 12.6.